The van der Waals surface area contributed by atoms with Crippen LogP contribution in [0, 0.1) is 0 Å². The summed E-state index contributed by atoms with van der Waals surface area (Å²) < 4.78 is 5.28. The third kappa shape index (κ3) is 2.93. The maximum absolute atomic E-state index is 10.8. The Balaban J connectivity index is 1.59. The lowest BCUT2D eigenvalue weighted by atomic mass is 10.0. The van der Waals surface area contributed by atoms with Gasteiger partial charge in [-0.1, -0.05) is 0 Å². The summed E-state index contributed by atoms with van der Waals surface area (Å²) in [6.07, 6.45) is 1.87. The van der Waals surface area contributed by atoms with E-state index >= 15 is 0 Å². The van der Waals surface area contributed by atoms with Gasteiger partial charge < -0.3 is 9.84 Å². The second-order valence-corrected chi connectivity index (χ2v) is 4.49. The highest BCUT2D eigenvalue weighted by Crippen LogP contribution is 2.17. The number of rotatable bonds is 5. The zero-order valence-electron chi connectivity index (χ0n) is 9.60. The van der Waals surface area contributed by atoms with Gasteiger partial charge in [-0.2, -0.15) is 0 Å². The summed E-state index contributed by atoms with van der Waals surface area (Å²) in [7, 11) is 0. The lowest BCUT2D eigenvalue weighted by Gasteiger charge is -2.38. The summed E-state index contributed by atoms with van der Waals surface area (Å²) in [6.45, 7) is 6.62. The van der Waals surface area contributed by atoms with Gasteiger partial charge in [0.1, 0.15) is 6.04 Å². The van der Waals surface area contributed by atoms with Gasteiger partial charge in [0.25, 0.3) is 0 Å². The van der Waals surface area contributed by atoms with Crippen LogP contribution in [0.5, 0.6) is 0 Å². The fourth-order valence-corrected chi connectivity index (χ4v) is 2.31. The van der Waals surface area contributed by atoms with Crippen LogP contribution in [0.25, 0.3) is 0 Å². The maximum Gasteiger partial charge on any atom is 0.320 e. The molecule has 0 amide bonds. The fourth-order valence-electron chi connectivity index (χ4n) is 2.31. The van der Waals surface area contributed by atoms with E-state index in [4.69, 9.17) is 9.84 Å². The van der Waals surface area contributed by atoms with Crippen molar-refractivity contribution < 1.29 is 14.6 Å². The number of ether oxygens (including phenoxy) is 1. The second kappa shape index (κ2) is 5.61. The summed E-state index contributed by atoms with van der Waals surface area (Å²) in [5.41, 5.74) is 0. The zero-order chi connectivity index (χ0) is 11.4. The van der Waals surface area contributed by atoms with Crippen molar-refractivity contribution in [3.05, 3.63) is 0 Å². The van der Waals surface area contributed by atoms with Crippen LogP contribution in [0.2, 0.25) is 0 Å². The first-order valence-corrected chi connectivity index (χ1v) is 6.04. The molecule has 2 aliphatic heterocycles. The van der Waals surface area contributed by atoms with Crippen LogP contribution < -0.4 is 0 Å². The average molecular weight is 228 g/mol. The Morgan fingerprint density at radius 2 is 2.00 bits per heavy atom. The molecule has 1 unspecified atom stereocenters. The molecule has 5 heteroatoms. The molecule has 0 bridgehead atoms. The van der Waals surface area contributed by atoms with Gasteiger partial charge in [-0.15, -0.1) is 0 Å². The predicted octanol–water partition coefficient (Wildman–Crippen LogP) is -0.132. The number of hydrogen-bond donors (Lipinski definition) is 1. The summed E-state index contributed by atoms with van der Waals surface area (Å²) >= 11 is 0. The number of morpholine rings is 1. The van der Waals surface area contributed by atoms with Crippen LogP contribution in [0.3, 0.4) is 0 Å². The van der Waals surface area contributed by atoms with Gasteiger partial charge in [0.2, 0.25) is 0 Å². The van der Waals surface area contributed by atoms with E-state index in [9.17, 15) is 4.79 Å². The first-order chi connectivity index (χ1) is 7.77. The maximum atomic E-state index is 10.8. The Kier molecular flexibility index (Phi) is 4.15. The first-order valence-electron chi connectivity index (χ1n) is 6.04. The topological polar surface area (TPSA) is 53.0 Å². The van der Waals surface area contributed by atoms with Crippen molar-refractivity contribution in [3.63, 3.8) is 0 Å². The molecular weight excluding hydrogens is 208 g/mol. The Morgan fingerprint density at radius 1 is 1.25 bits per heavy atom. The second-order valence-electron chi connectivity index (χ2n) is 4.49. The molecular formula is C11H20N2O3. The highest BCUT2D eigenvalue weighted by atomic mass is 16.5. The molecule has 0 aliphatic carbocycles. The van der Waals surface area contributed by atoms with E-state index < -0.39 is 5.97 Å². The van der Waals surface area contributed by atoms with Crippen molar-refractivity contribution in [1.82, 2.24) is 9.80 Å². The SMILES string of the molecule is O=C(O)C1CCN1CCCN1CCOCC1. The molecule has 0 spiro atoms. The van der Waals surface area contributed by atoms with Crippen LogP contribution in [-0.4, -0.2) is 72.9 Å². The van der Waals surface area contributed by atoms with Crippen LogP contribution in [0.15, 0.2) is 0 Å². The number of carbonyl (C=O) groups is 1. The van der Waals surface area contributed by atoms with E-state index in [1.165, 1.54) is 0 Å². The molecule has 0 saturated carbocycles. The molecule has 92 valence electrons. The molecule has 1 atom stereocenters. The van der Waals surface area contributed by atoms with Crippen molar-refractivity contribution in [3.8, 4) is 0 Å². The summed E-state index contributed by atoms with van der Waals surface area (Å²) in [5, 5.41) is 8.88. The minimum absolute atomic E-state index is 0.218. The number of nitrogens with zero attached hydrogens (tertiary/aromatic N) is 2. The third-order valence-electron chi connectivity index (χ3n) is 3.44. The van der Waals surface area contributed by atoms with Gasteiger partial charge in [0.15, 0.2) is 0 Å². The predicted molar refractivity (Wildman–Crippen MR) is 59.5 cm³/mol. The van der Waals surface area contributed by atoms with Crippen molar-refractivity contribution in [2.24, 2.45) is 0 Å². The molecule has 5 nitrogen and oxygen atoms in total. The number of likely N-dealkylation sites (tertiary alicyclic amines) is 1. The van der Waals surface area contributed by atoms with E-state index in [2.05, 4.69) is 9.80 Å². The molecule has 2 aliphatic rings. The van der Waals surface area contributed by atoms with Crippen molar-refractivity contribution >= 4 is 5.97 Å². The highest BCUT2D eigenvalue weighted by Gasteiger charge is 2.33. The molecule has 2 rings (SSSR count). The van der Waals surface area contributed by atoms with Crippen molar-refractivity contribution in [2.45, 2.75) is 18.9 Å². The summed E-state index contributed by atoms with van der Waals surface area (Å²) in [4.78, 5) is 15.2. The van der Waals surface area contributed by atoms with Gasteiger partial charge in [-0.3, -0.25) is 14.6 Å². The summed E-state index contributed by atoms with van der Waals surface area (Å²) in [6, 6.07) is -0.218. The average Bonchev–Trinajstić information content (AvgIpc) is 2.23. The standard InChI is InChI=1S/C11H20N2O3/c14-11(15)10-2-5-13(10)4-1-3-12-6-8-16-9-7-12/h10H,1-9H2,(H,14,15). The van der Waals surface area contributed by atoms with E-state index in [0.717, 1.165) is 58.8 Å². The monoisotopic (exact) mass is 228 g/mol. The van der Waals surface area contributed by atoms with Gasteiger partial charge in [-0.25, -0.2) is 0 Å². The Hall–Kier alpha value is -0.650. The molecule has 16 heavy (non-hydrogen) atoms. The lowest BCUT2D eigenvalue weighted by Crippen LogP contribution is -2.53. The number of hydrogen-bond acceptors (Lipinski definition) is 4. The van der Waals surface area contributed by atoms with E-state index in [1.54, 1.807) is 0 Å². The highest BCUT2D eigenvalue weighted by molar-refractivity contribution is 5.74. The Labute approximate surface area is 96.0 Å². The van der Waals surface area contributed by atoms with Crippen LogP contribution >= 0.6 is 0 Å². The molecule has 2 saturated heterocycles. The van der Waals surface area contributed by atoms with Crippen LogP contribution in [0.4, 0.5) is 0 Å². The van der Waals surface area contributed by atoms with Crippen molar-refractivity contribution in [1.29, 1.82) is 0 Å². The number of aliphatic carboxylic acids is 1. The number of carboxylic acids is 1. The van der Waals surface area contributed by atoms with E-state index in [1.807, 2.05) is 0 Å². The van der Waals surface area contributed by atoms with E-state index in [-0.39, 0.29) is 6.04 Å². The Morgan fingerprint density at radius 3 is 2.56 bits per heavy atom. The summed E-state index contributed by atoms with van der Waals surface area (Å²) in [5.74, 6) is -0.669. The minimum atomic E-state index is -0.669. The van der Waals surface area contributed by atoms with Crippen LogP contribution in [0.1, 0.15) is 12.8 Å². The molecule has 0 aromatic rings. The molecule has 0 radical (unpaired) electrons. The van der Waals surface area contributed by atoms with Gasteiger partial charge in [0, 0.05) is 26.2 Å². The molecule has 0 aromatic heterocycles. The minimum Gasteiger partial charge on any atom is -0.480 e. The molecule has 0 aromatic carbocycles. The molecule has 1 N–H and O–H groups in total. The van der Waals surface area contributed by atoms with Gasteiger partial charge >= 0.3 is 5.97 Å². The van der Waals surface area contributed by atoms with E-state index in [0.29, 0.717) is 0 Å². The largest absolute Gasteiger partial charge is 0.480 e. The zero-order valence-corrected chi connectivity index (χ0v) is 9.60. The molecule has 2 heterocycles. The van der Waals surface area contributed by atoms with Gasteiger partial charge in [-0.05, 0) is 19.4 Å². The Bertz CT molecular complexity index is 241. The van der Waals surface area contributed by atoms with Gasteiger partial charge in [0.05, 0.1) is 13.2 Å². The first kappa shape index (κ1) is 11.8. The lowest BCUT2D eigenvalue weighted by molar-refractivity contribution is -0.148. The fraction of sp³-hybridized carbons (Fsp3) is 0.909. The third-order valence-corrected chi connectivity index (χ3v) is 3.44. The normalized spacial score (nSPS) is 27.6. The smallest absolute Gasteiger partial charge is 0.320 e. The number of carboxylic acid groups (broad SMARTS) is 1. The quantitative estimate of drug-likeness (QED) is 0.710. The van der Waals surface area contributed by atoms with Crippen molar-refractivity contribution in [2.75, 3.05) is 45.9 Å². The molecule has 2 fully saturated rings. The van der Waals surface area contributed by atoms with Crippen LogP contribution in [-0.2, 0) is 9.53 Å².